The van der Waals surface area contributed by atoms with Crippen LogP contribution in [0, 0.1) is 6.92 Å². The van der Waals surface area contributed by atoms with E-state index in [-0.39, 0.29) is 25.5 Å². The van der Waals surface area contributed by atoms with Crippen molar-refractivity contribution in [1.82, 2.24) is 0 Å². The Morgan fingerprint density at radius 1 is 1.12 bits per heavy atom. The van der Waals surface area contributed by atoms with Gasteiger partial charge in [0.25, 0.3) is 0 Å². The number of hydrogen-bond acceptors (Lipinski definition) is 3. The molecule has 0 bridgehead atoms. The van der Waals surface area contributed by atoms with E-state index < -0.39 is 21.4 Å². The van der Waals surface area contributed by atoms with Gasteiger partial charge >= 0.3 is 5.97 Å². The first-order valence-electron chi connectivity index (χ1n) is 4.19. The first kappa shape index (κ1) is 14.6. The summed E-state index contributed by atoms with van der Waals surface area (Å²) in [5, 5.41) is 7.98. The summed E-state index contributed by atoms with van der Waals surface area (Å²) in [6.07, 6.45) is 0.939. The van der Waals surface area contributed by atoms with Crippen molar-refractivity contribution >= 4 is 50.6 Å². The average molecular weight is 318 g/mol. The molecule has 0 aliphatic heterocycles. The summed E-state index contributed by atoms with van der Waals surface area (Å²) in [5.74, 6) is -1.37. The molecule has 0 spiro atoms. The molecule has 0 aromatic heterocycles. The summed E-state index contributed by atoms with van der Waals surface area (Å²) in [6.45, 7) is 1.37. The monoisotopic (exact) mass is 316 g/mol. The number of aromatic carboxylic acids is 1. The fraction of sp³-hybridized carbons (Fsp3) is 0.222. The lowest BCUT2D eigenvalue weighted by molar-refractivity contribution is 0.0697. The number of benzene rings is 1. The first-order valence-corrected chi connectivity index (χ1v) is 7.22. The minimum atomic E-state index is -3.65. The number of carboxylic acid groups (broad SMARTS) is 1. The Bertz CT molecular complexity index is 578. The fourth-order valence-corrected chi connectivity index (χ4v) is 3.83. The van der Waals surface area contributed by atoms with Gasteiger partial charge in [-0.3, -0.25) is 0 Å². The molecular weight excluding hydrogens is 311 g/mol. The normalized spacial score (nSPS) is 11.6. The highest BCUT2D eigenvalue weighted by Crippen LogP contribution is 2.40. The van der Waals surface area contributed by atoms with Crippen molar-refractivity contribution in [2.24, 2.45) is 0 Å². The molecule has 0 fully saturated rings. The van der Waals surface area contributed by atoms with Crippen molar-refractivity contribution in [2.75, 3.05) is 6.26 Å². The number of hydrogen-bond donors (Lipinski definition) is 1. The van der Waals surface area contributed by atoms with Crippen LogP contribution in [-0.4, -0.2) is 25.7 Å². The average Bonchev–Trinajstić information content (AvgIpc) is 2.12. The lowest BCUT2D eigenvalue weighted by Gasteiger charge is -2.13. The van der Waals surface area contributed by atoms with Gasteiger partial charge < -0.3 is 5.11 Å². The largest absolute Gasteiger partial charge is 0.478 e. The standard InChI is InChI=1S/C9H7Cl3O4S/c1-3-5(10)4(9(13)14)6(11)7(12)8(3)17(2,15)16/h1-2H3,(H,13,14). The Labute approximate surface area is 113 Å². The van der Waals surface area contributed by atoms with Crippen molar-refractivity contribution in [3.63, 3.8) is 0 Å². The molecule has 0 saturated carbocycles. The molecule has 0 unspecified atom stereocenters. The molecule has 0 saturated heterocycles. The van der Waals surface area contributed by atoms with E-state index in [2.05, 4.69) is 0 Å². The zero-order chi connectivity index (χ0) is 13.5. The third-order valence-corrected chi connectivity index (χ3v) is 4.77. The van der Waals surface area contributed by atoms with Crippen LogP contribution in [0.15, 0.2) is 4.90 Å². The molecule has 0 amide bonds. The highest BCUT2D eigenvalue weighted by atomic mass is 35.5. The molecule has 0 heterocycles. The van der Waals surface area contributed by atoms with Crippen molar-refractivity contribution < 1.29 is 18.3 Å². The van der Waals surface area contributed by atoms with Crippen LogP contribution in [0.25, 0.3) is 0 Å². The molecule has 0 aliphatic rings. The number of rotatable bonds is 2. The quantitative estimate of drug-likeness (QED) is 0.851. The Hall–Kier alpha value is -0.490. The van der Waals surface area contributed by atoms with Gasteiger partial charge in [-0.2, -0.15) is 0 Å². The Kier molecular flexibility index (Phi) is 3.98. The maximum Gasteiger partial charge on any atom is 0.338 e. The highest BCUT2D eigenvalue weighted by molar-refractivity contribution is 7.90. The van der Waals surface area contributed by atoms with E-state index in [1.54, 1.807) is 0 Å². The lowest BCUT2D eigenvalue weighted by atomic mass is 10.1. The summed E-state index contributed by atoms with van der Waals surface area (Å²) < 4.78 is 23.0. The van der Waals surface area contributed by atoms with E-state index in [1.807, 2.05) is 0 Å². The molecular formula is C9H7Cl3O4S. The lowest BCUT2D eigenvalue weighted by Crippen LogP contribution is -2.08. The van der Waals surface area contributed by atoms with E-state index in [0.717, 1.165) is 6.26 Å². The molecule has 0 radical (unpaired) electrons. The molecule has 1 N–H and O–H groups in total. The van der Waals surface area contributed by atoms with E-state index in [1.165, 1.54) is 6.92 Å². The van der Waals surface area contributed by atoms with Crippen LogP contribution in [0.4, 0.5) is 0 Å². The molecule has 0 aliphatic carbocycles. The van der Waals surface area contributed by atoms with Crippen molar-refractivity contribution in [3.8, 4) is 0 Å². The molecule has 94 valence electrons. The van der Waals surface area contributed by atoms with Crippen molar-refractivity contribution in [2.45, 2.75) is 11.8 Å². The van der Waals surface area contributed by atoms with Crippen LogP contribution >= 0.6 is 34.8 Å². The molecule has 1 rings (SSSR count). The maximum absolute atomic E-state index is 11.5. The third-order valence-electron chi connectivity index (χ3n) is 2.09. The van der Waals surface area contributed by atoms with E-state index in [0.29, 0.717) is 0 Å². The van der Waals surface area contributed by atoms with E-state index in [9.17, 15) is 13.2 Å². The SMILES string of the molecule is Cc1c(Cl)c(C(=O)O)c(Cl)c(Cl)c1S(C)(=O)=O. The second kappa shape index (κ2) is 4.65. The van der Waals surface area contributed by atoms with Crippen LogP contribution in [0.2, 0.25) is 15.1 Å². The maximum atomic E-state index is 11.5. The van der Waals surface area contributed by atoms with Gasteiger partial charge in [-0.1, -0.05) is 34.8 Å². The summed E-state index contributed by atoms with van der Waals surface area (Å²) in [4.78, 5) is 10.7. The smallest absolute Gasteiger partial charge is 0.338 e. The first-order chi connectivity index (χ1) is 7.59. The van der Waals surface area contributed by atoms with Gasteiger partial charge in [-0.25, -0.2) is 13.2 Å². The molecule has 4 nitrogen and oxygen atoms in total. The van der Waals surface area contributed by atoms with Crippen LogP contribution in [-0.2, 0) is 9.84 Å². The number of carbonyl (C=O) groups is 1. The van der Waals surface area contributed by atoms with Crippen LogP contribution in [0.3, 0.4) is 0 Å². The Morgan fingerprint density at radius 2 is 1.59 bits per heavy atom. The molecule has 1 aromatic carbocycles. The van der Waals surface area contributed by atoms with Gasteiger partial charge in [0.2, 0.25) is 0 Å². The Balaban J connectivity index is 3.91. The summed E-state index contributed by atoms with van der Waals surface area (Å²) >= 11 is 17.3. The zero-order valence-corrected chi connectivity index (χ0v) is 11.8. The van der Waals surface area contributed by atoms with Gasteiger partial charge in [0.05, 0.1) is 25.5 Å². The minimum Gasteiger partial charge on any atom is -0.478 e. The van der Waals surface area contributed by atoms with Gasteiger partial charge in [0, 0.05) is 6.26 Å². The number of halogens is 3. The van der Waals surface area contributed by atoms with Crippen LogP contribution < -0.4 is 0 Å². The summed E-state index contributed by atoms with van der Waals surface area (Å²) in [7, 11) is -3.65. The molecule has 0 atom stereocenters. The second-order valence-corrected chi connectivity index (χ2v) is 6.43. The van der Waals surface area contributed by atoms with E-state index >= 15 is 0 Å². The van der Waals surface area contributed by atoms with Gasteiger partial charge in [-0.15, -0.1) is 0 Å². The van der Waals surface area contributed by atoms with Gasteiger partial charge in [0.15, 0.2) is 9.84 Å². The van der Waals surface area contributed by atoms with Crippen molar-refractivity contribution in [3.05, 3.63) is 26.2 Å². The topological polar surface area (TPSA) is 71.4 Å². The van der Waals surface area contributed by atoms with Crippen LogP contribution in [0.5, 0.6) is 0 Å². The Morgan fingerprint density at radius 3 is 1.94 bits per heavy atom. The van der Waals surface area contributed by atoms with Crippen LogP contribution in [0.1, 0.15) is 15.9 Å². The predicted octanol–water partition coefficient (Wildman–Crippen LogP) is 3.06. The number of sulfone groups is 1. The summed E-state index contributed by atoms with van der Waals surface area (Å²) in [6, 6.07) is 0. The fourth-order valence-electron chi connectivity index (χ4n) is 1.39. The summed E-state index contributed by atoms with van der Waals surface area (Å²) in [5.41, 5.74) is -0.329. The predicted molar refractivity (Wildman–Crippen MR) is 66.3 cm³/mol. The molecule has 8 heteroatoms. The van der Waals surface area contributed by atoms with Crippen molar-refractivity contribution in [1.29, 1.82) is 0 Å². The molecule has 1 aromatic rings. The van der Waals surface area contributed by atoms with Gasteiger partial charge in [0.1, 0.15) is 0 Å². The third kappa shape index (κ3) is 2.52. The highest BCUT2D eigenvalue weighted by Gasteiger charge is 2.27. The van der Waals surface area contributed by atoms with Gasteiger partial charge in [-0.05, 0) is 12.5 Å². The minimum absolute atomic E-state index is 0.0703. The van der Waals surface area contributed by atoms with E-state index in [4.69, 9.17) is 39.9 Å². The number of carboxylic acids is 1. The zero-order valence-electron chi connectivity index (χ0n) is 8.71. The molecule has 17 heavy (non-hydrogen) atoms. The second-order valence-electron chi connectivity index (χ2n) is 3.35.